The summed E-state index contributed by atoms with van der Waals surface area (Å²) in [7, 11) is 0. The van der Waals surface area contributed by atoms with E-state index in [1.54, 1.807) is 17.5 Å². The lowest BCUT2D eigenvalue weighted by molar-refractivity contribution is 0.0729. The molecule has 0 unspecified atom stereocenters. The van der Waals surface area contributed by atoms with E-state index < -0.39 is 0 Å². The van der Waals surface area contributed by atoms with Crippen LogP contribution in [0, 0.1) is 0 Å². The molecule has 1 aliphatic rings. The summed E-state index contributed by atoms with van der Waals surface area (Å²) in [5.41, 5.74) is 3.75. The van der Waals surface area contributed by atoms with Crippen LogP contribution in [-0.2, 0) is 13.0 Å². The smallest absolute Gasteiger partial charge is 0.273 e. The summed E-state index contributed by atoms with van der Waals surface area (Å²) in [6.45, 7) is 1.34. The van der Waals surface area contributed by atoms with Crippen LogP contribution in [0.25, 0.3) is 0 Å². The van der Waals surface area contributed by atoms with Crippen molar-refractivity contribution in [1.29, 1.82) is 0 Å². The molecule has 26 heavy (non-hydrogen) atoms. The summed E-state index contributed by atoms with van der Waals surface area (Å²) < 4.78 is 0. The van der Waals surface area contributed by atoms with Gasteiger partial charge in [0.25, 0.3) is 5.91 Å². The predicted octanol–water partition coefficient (Wildman–Crippen LogP) is 5.39. The molecule has 7 heteroatoms. The lowest BCUT2D eigenvalue weighted by atomic mass is 10.00. The van der Waals surface area contributed by atoms with Crippen LogP contribution in [0.5, 0.6) is 0 Å². The molecule has 0 spiro atoms. The molecule has 1 aromatic heterocycles. The van der Waals surface area contributed by atoms with Gasteiger partial charge < -0.3 is 10.2 Å². The molecule has 1 aliphatic heterocycles. The highest BCUT2D eigenvalue weighted by atomic mass is 35.5. The Hall–Kier alpha value is -2.08. The van der Waals surface area contributed by atoms with E-state index in [9.17, 15) is 4.79 Å². The zero-order chi connectivity index (χ0) is 18.1. The van der Waals surface area contributed by atoms with Crippen molar-refractivity contribution < 1.29 is 4.79 Å². The van der Waals surface area contributed by atoms with Gasteiger partial charge in [0, 0.05) is 24.2 Å². The van der Waals surface area contributed by atoms with Crippen molar-refractivity contribution in [2.24, 2.45) is 0 Å². The first-order valence-corrected chi connectivity index (χ1v) is 9.77. The number of carbonyl (C=O) groups is 1. The molecular formula is C19H15Cl2N3OS. The lowest BCUT2D eigenvalue weighted by Gasteiger charge is -2.28. The second-order valence-electron chi connectivity index (χ2n) is 6.04. The van der Waals surface area contributed by atoms with Crippen LogP contribution in [0.2, 0.25) is 10.0 Å². The number of hydrogen-bond donors (Lipinski definition) is 1. The fraction of sp³-hybridized carbons (Fsp3) is 0.158. The van der Waals surface area contributed by atoms with E-state index in [4.69, 9.17) is 23.2 Å². The van der Waals surface area contributed by atoms with Gasteiger partial charge in [0.05, 0.1) is 10.0 Å². The Morgan fingerprint density at radius 2 is 1.92 bits per heavy atom. The van der Waals surface area contributed by atoms with Gasteiger partial charge in [-0.2, -0.15) is 0 Å². The molecule has 2 aromatic carbocycles. The van der Waals surface area contributed by atoms with Gasteiger partial charge in [0.1, 0.15) is 5.69 Å². The van der Waals surface area contributed by atoms with Gasteiger partial charge in [-0.3, -0.25) is 4.79 Å². The molecule has 1 N–H and O–H groups in total. The van der Waals surface area contributed by atoms with Crippen molar-refractivity contribution in [1.82, 2.24) is 9.88 Å². The molecule has 132 valence electrons. The van der Waals surface area contributed by atoms with E-state index in [1.165, 1.54) is 22.5 Å². The van der Waals surface area contributed by atoms with Crippen LogP contribution in [0.15, 0.2) is 47.8 Å². The zero-order valence-electron chi connectivity index (χ0n) is 13.7. The van der Waals surface area contributed by atoms with E-state index >= 15 is 0 Å². The van der Waals surface area contributed by atoms with Crippen molar-refractivity contribution in [3.8, 4) is 0 Å². The van der Waals surface area contributed by atoms with Crippen molar-refractivity contribution in [3.63, 3.8) is 0 Å². The van der Waals surface area contributed by atoms with Gasteiger partial charge in [-0.25, -0.2) is 4.98 Å². The maximum Gasteiger partial charge on any atom is 0.273 e. The van der Waals surface area contributed by atoms with Crippen LogP contribution in [0.1, 0.15) is 21.6 Å². The highest BCUT2D eigenvalue weighted by molar-refractivity contribution is 7.14. The minimum absolute atomic E-state index is 0.0436. The van der Waals surface area contributed by atoms with Crippen LogP contribution < -0.4 is 5.32 Å². The Labute approximate surface area is 165 Å². The number of fused-ring (bicyclic) bond motifs is 1. The third-order valence-electron chi connectivity index (χ3n) is 4.31. The third-order valence-corrected chi connectivity index (χ3v) is 5.81. The maximum absolute atomic E-state index is 12.8. The summed E-state index contributed by atoms with van der Waals surface area (Å²) in [6.07, 6.45) is 0.875. The zero-order valence-corrected chi connectivity index (χ0v) is 16.0. The molecule has 4 rings (SSSR count). The Morgan fingerprint density at radius 3 is 2.73 bits per heavy atom. The molecule has 0 fully saturated rings. The van der Waals surface area contributed by atoms with Crippen molar-refractivity contribution in [2.45, 2.75) is 13.0 Å². The first kappa shape index (κ1) is 17.3. The van der Waals surface area contributed by atoms with E-state index in [2.05, 4.69) is 22.4 Å². The highest BCUT2D eigenvalue weighted by Crippen LogP contribution is 2.28. The molecule has 2 heterocycles. The summed E-state index contributed by atoms with van der Waals surface area (Å²) in [5.74, 6) is -0.0436. The number of hydrogen-bond acceptors (Lipinski definition) is 4. The van der Waals surface area contributed by atoms with Crippen LogP contribution >= 0.6 is 34.5 Å². The monoisotopic (exact) mass is 403 g/mol. The first-order chi connectivity index (χ1) is 12.6. The maximum atomic E-state index is 12.8. The summed E-state index contributed by atoms with van der Waals surface area (Å²) >= 11 is 13.3. The Bertz CT molecular complexity index is 973. The van der Waals surface area contributed by atoms with E-state index in [0.717, 1.165) is 12.1 Å². The van der Waals surface area contributed by atoms with Gasteiger partial charge in [0.15, 0.2) is 5.13 Å². The third kappa shape index (κ3) is 3.56. The molecule has 0 bridgehead atoms. The number of thiazole rings is 1. The number of amides is 1. The van der Waals surface area contributed by atoms with Crippen molar-refractivity contribution in [3.05, 3.63) is 74.7 Å². The summed E-state index contributed by atoms with van der Waals surface area (Å²) in [4.78, 5) is 19.1. The van der Waals surface area contributed by atoms with Crippen molar-refractivity contribution >= 4 is 51.3 Å². The van der Waals surface area contributed by atoms with Gasteiger partial charge in [0.2, 0.25) is 0 Å². The number of halogens is 2. The predicted molar refractivity (Wildman–Crippen MR) is 107 cm³/mol. The average molecular weight is 404 g/mol. The average Bonchev–Trinajstić information content (AvgIpc) is 3.12. The standard InChI is InChI=1S/C19H15Cl2N3OS/c20-15-6-5-14(9-16(15)21)22-19-23-17(11-26-19)18(25)24-8-7-12-3-1-2-4-13(12)10-24/h1-6,9,11H,7-8,10H2,(H,22,23). The van der Waals surface area contributed by atoms with Gasteiger partial charge in [-0.1, -0.05) is 47.5 Å². The topological polar surface area (TPSA) is 45.2 Å². The number of nitrogens with one attached hydrogen (secondary N) is 1. The Kier molecular flexibility index (Phi) is 4.85. The minimum Gasteiger partial charge on any atom is -0.333 e. The summed E-state index contributed by atoms with van der Waals surface area (Å²) in [6, 6.07) is 13.5. The van der Waals surface area contributed by atoms with E-state index in [-0.39, 0.29) is 5.91 Å². The second-order valence-corrected chi connectivity index (χ2v) is 7.71. The summed E-state index contributed by atoms with van der Waals surface area (Å²) in [5, 5.41) is 6.55. The molecule has 0 aliphatic carbocycles. The number of anilines is 2. The van der Waals surface area contributed by atoms with Crippen molar-refractivity contribution in [2.75, 3.05) is 11.9 Å². The lowest BCUT2D eigenvalue weighted by Crippen LogP contribution is -2.36. The molecule has 0 saturated carbocycles. The van der Waals surface area contributed by atoms with Gasteiger partial charge >= 0.3 is 0 Å². The minimum atomic E-state index is -0.0436. The molecule has 3 aromatic rings. The van der Waals surface area contributed by atoms with Crippen LogP contribution in [-0.4, -0.2) is 22.3 Å². The van der Waals surface area contributed by atoms with Gasteiger partial charge in [-0.05, 0) is 35.7 Å². The largest absolute Gasteiger partial charge is 0.333 e. The first-order valence-electron chi connectivity index (χ1n) is 8.14. The molecule has 1 amide bonds. The van der Waals surface area contributed by atoms with E-state index in [1.807, 2.05) is 23.1 Å². The molecule has 0 saturated heterocycles. The van der Waals surface area contributed by atoms with Crippen LogP contribution in [0.3, 0.4) is 0 Å². The Morgan fingerprint density at radius 1 is 1.12 bits per heavy atom. The number of aromatic nitrogens is 1. The molecule has 0 atom stereocenters. The number of nitrogens with zero attached hydrogens (tertiary/aromatic N) is 2. The molecular weight excluding hydrogens is 389 g/mol. The normalized spacial score (nSPS) is 13.4. The Balaban J connectivity index is 1.47. The quantitative estimate of drug-likeness (QED) is 0.637. The van der Waals surface area contributed by atoms with Gasteiger partial charge in [-0.15, -0.1) is 11.3 Å². The van der Waals surface area contributed by atoms with E-state index in [0.29, 0.717) is 34.0 Å². The molecule has 4 nitrogen and oxygen atoms in total. The fourth-order valence-corrected chi connectivity index (χ4v) is 3.96. The highest BCUT2D eigenvalue weighted by Gasteiger charge is 2.23. The number of carbonyl (C=O) groups excluding carboxylic acids is 1. The number of rotatable bonds is 3. The fourth-order valence-electron chi connectivity index (χ4n) is 2.96. The molecule has 0 radical (unpaired) electrons. The number of benzene rings is 2. The van der Waals surface area contributed by atoms with Crippen LogP contribution in [0.4, 0.5) is 10.8 Å². The second kappa shape index (κ2) is 7.27. The SMILES string of the molecule is O=C(c1csc(Nc2ccc(Cl)c(Cl)c2)n1)N1CCc2ccccc2C1.